The number of aliphatic carboxylic acids is 1. The van der Waals surface area contributed by atoms with Crippen molar-refractivity contribution in [3.63, 3.8) is 0 Å². The van der Waals surface area contributed by atoms with Crippen LogP contribution >= 0.6 is 0 Å². The molecule has 2 heteroatoms. The molecule has 0 aliphatic rings. The van der Waals surface area contributed by atoms with Gasteiger partial charge < -0.3 is 5.11 Å². The van der Waals surface area contributed by atoms with Crippen LogP contribution in [-0.4, -0.2) is 11.1 Å². The molecular weight excluding hydrogens is 296 g/mol. The highest BCUT2D eigenvalue weighted by Gasteiger charge is 1.95. The zero-order chi connectivity index (χ0) is 17.7. The quantitative estimate of drug-likeness (QED) is 0.225. The van der Waals surface area contributed by atoms with E-state index in [4.69, 9.17) is 5.11 Å². The molecule has 0 heterocycles. The summed E-state index contributed by atoms with van der Waals surface area (Å²) in [5.74, 6) is -0.677. The Kier molecular flexibility index (Phi) is 18.7. The normalized spacial score (nSPS) is 12.0. The molecule has 0 aromatic rings. The molecule has 2 nitrogen and oxygen atoms in total. The van der Waals surface area contributed by atoms with Crippen molar-refractivity contribution < 1.29 is 9.90 Å². The standard InChI is InChI=1S/C22H38O2/c1-2-3-4-5-6-7-8-9-10-11-12-13-14-15-16-17-18-19-20-21-22(23)24/h8-9,11-12,14-15H,2-7,10,13,16-21H2,1H3,(H,23,24)/b9-8+,12-11+,15-14+. The summed E-state index contributed by atoms with van der Waals surface area (Å²) in [4.78, 5) is 10.4. The number of carbonyl (C=O) groups is 1. The van der Waals surface area contributed by atoms with Crippen LogP contribution in [0.15, 0.2) is 36.5 Å². The van der Waals surface area contributed by atoms with Gasteiger partial charge in [-0.2, -0.15) is 0 Å². The summed E-state index contributed by atoms with van der Waals surface area (Å²) in [6, 6.07) is 0. The Morgan fingerprint density at radius 3 is 1.62 bits per heavy atom. The van der Waals surface area contributed by atoms with Gasteiger partial charge >= 0.3 is 5.97 Å². The molecule has 0 atom stereocenters. The van der Waals surface area contributed by atoms with Crippen LogP contribution in [0.3, 0.4) is 0 Å². The van der Waals surface area contributed by atoms with Gasteiger partial charge in [-0.15, -0.1) is 0 Å². The van der Waals surface area contributed by atoms with Crippen molar-refractivity contribution in [3.05, 3.63) is 36.5 Å². The summed E-state index contributed by atoms with van der Waals surface area (Å²) in [5, 5.41) is 8.54. The third-order valence-corrected chi connectivity index (χ3v) is 4.03. The minimum atomic E-state index is -0.677. The number of hydrogen-bond donors (Lipinski definition) is 1. The predicted molar refractivity (Wildman–Crippen MR) is 105 cm³/mol. The number of carboxylic acid groups (broad SMARTS) is 1. The Morgan fingerprint density at radius 2 is 1.12 bits per heavy atom. The zero-order valence-corrected chi connectivity index (χ0v) is 15.7. The van der Waals surface area contributed by atoms with E-state index < -0.39 is 5.97 Å². The highest BCUT2D eigenvalue weighted by molar-refractivity contribution is 5.66. The van der Waals surface area contributed by atoms with Crippen molar-refractivity contribution >= 4 is 5.97 Å². The molecule has 0 unspecified atom stereocenters. The van der Waals surface area contributed by atoms with Crippen molar-refractivity contribution in [1.82, 2.24) is 0 Å². The molecule has 0 aromatic heterocycles. The molecule has 1 N–H and O–H groups in total. The van der Waals surface area contributed by atoms with Crippen LogP contribution < -0.4 is 0 Å². The Balaban J connectivity index is 3.28. The molecule has 0 saturated carbocycles. The molecule has 0 rings (SSSR count). The zero-order valence-electron chi connectivity index (χ0n) is 15.7. The van der Waals surface area contributed by atoms with E-state index in [-0.39, 0.29) is 0 Å². The minimum Gasteiger partial charge on any atom is -0.481 e. The maximum atomic E-state index is 10.4. The van der Waals surface area contributed by atoms with Crippen molar-refractivity contribution in [3.8, 4) is 0 Å². The van der Waals surface area contributed by atoms with Crippen molar-refractivity contribution in [2.24, 2.45) is 0 Å². The first-order valence-electron chi connectivity index (χ1n) is 9.94. The fraction of sp³-hybridized carbons (Fsp3) is 0.682. The minimum absolute atomic E-state index is 0.313. The second-order valence-corrected chi connectivity index (χ2v) is 6.44. The lowest BCUT2D eigenvalue weighted by Gasteiger charge is -1.96. The molecule has 0 aromatic carbocycles. The lowest BCUT2D eigenvalue weighted by atomic mass is 10.1. The summed E-state index contributed by atoms with van der Waals surface area (Å²) in [6.45, 7) is 2.26. The molecule has 138 valence electrons. The topological polar surface area (TPSA) is 37.3 Å². The summed E-state index contributed by atoms with van der Waals surface area (Å²) in [7, 11) is 0. The largest absolute Gasteiger partial charge is 0.481 e. The van der Waals surface area contributed by atoms with Crippen LogP contribution in [-0.2, 0) is 4.79 Å². The van der Waals surface area contributed by atoms with E-state index >= 15 is 0 Å². The van der Waals surface area contributed by atoms with Gasteiger partial charge in [0.05, 0.1) is 0 Å². The van der Waals surface area contributed by atoms with Gasteiger partial charge in [-0.05, 0) is 44.9 Å². The predicted octanol–water partition coefficient (Wildman–Crippen LogP) is 7.22. The van der Waals surface area contributed by atoms with Crippen LogP contribution in [0.1, 0.15) is 96.8 Å². The molecule has 24 heavy (non-hydrogen) atoms. The van der Waals surface area contributed by atoms with Crippen molar-refractivity contribution in [1.29, 1.82) is 0 Å². The van der Waals surface area contributed by atoms with E-state index in [1.54, 1.807) is 0 Å². The van der Waals surface area contributed by atoms with Crippen LogP contribution in [0, 0.1) is 0 Å². The Hall–Kier alpha value is -1.31. The van der Waals surface area contributed by atoms with Crippen LogP contribution in [0.4, 0.5) is 0 Å². The molecule has 0 radical (unpaired) electrons. The fourth-order valence-corrected chi connectivity index (χ4v) is 2.54. The maximum absolute atomic E-state index is 10.4. The van der Waals surface area contributed by atoms with E-state index in [1.807, 2.05) is 0 Å². The summed E-state index contributed by atoms with van der Waals surface area (Å²) < 4.78 is 0. The summed E-state index contributed by atoms with van der Waals surface area (Å²) in [5.41, 5.74) is 0. The van der Waals surface area contributed by atoms with Gasteiger partial charge in [-0.25, -0.2) is 0 Å². The van der Waals surface area contributed by atoms with Gasteiger partial charge in [0.2, 0.25) is 0 Å². The smallest absolute Gasteiger partial charge is 0.303 e. The Bertz CT molecular complexity index is 353. The summed E-state index contributed by atoms with van der Waals surface area (Å²) in [6.07, 6.45) is 29.2. The second-order valence-electron chi connectivity index (χ2n) is 6.44. The van der Waals surface area contributed by atoms with E-state index in [0.29, 0.717) is 6.42 Å². The lowest BCUT2D eigenvalue weighted by molar-refractivity contribution is -0.137. The van der Waals surface area contributed by atoms with Gasteiger partial charge in [0.15, 0.2) is 0 Å². The van der Waals surface area contributed by atoms with Crippen LogP contribution in [0.2, 0.25) is 0 Å². The lowest BCUT2D eigenvalue weighted by Crippen LogP contribution is -1.93. The number of unbranched alkanes of at least 4 members (excludes halogenated alkanes) is 9. The van der Waals surface area contributed by atoms with E-state index in [2.05, 4.69) is 43.4 Å². The van der Waals surface area contributed by atoms with Crippen LogP contribution in [0.25, 0.3) is 0 Å². The first-order chi connectivity index (χ1) is 11.8. The van der Waals surface area contributed by atoms with E-state index in [9.17, 15) is 4.79 Å². The van der Waals surface area contributed by atoms with Gasteiger partial charge in [-0.1, -0.05) is 81.9 Å². The first-order valence-corrected chi connectivity index (χ1v) is 9.94. The number of rotatable bonds is 17. The SMILES string of the molecule is CCCCCCC/C=C/C/C=C/C/C=C/CCCCCCC(=O)O. The average Bonchev–Trinajstić information content (AvgIpc) is 2.56. The Labute approximate surface area is 149 Å². The molecule has 0 fully saturated rings. The molecule has 0 aliphatic carbocycles. The van der Waals surface area contributed by atoms with Crippen molar-refractivity contribution in [2.45, 2.75) is 96.8 Å². The molecule has 0 bridgehead atoms. The highest BCUT2D eigenvalue weighted by Crippen LogP contribution is 2.07. The maximum Gasteiger partial charge on any atom is 0.303 e. The number of carboxylic acids is 1. The van der Waals surface area contributed by atoms with E-state index in [0.717, 1.165) is 38.5 Å². The number of allylic oxidation sites excluding steroid dienone is 6. The van der Waals surface area contributed by atoms with E-state index in [1.165, 1.54) is 44.9 Å². The van der Waals surface area contributed by atoms with Crippen LogP contribution in [0.5, 0.6) is 0 Å². The average molecular weight is 335 g/mol. The highest BCUT2D eigenvalue weighted by atomic mass is 16.4. The fourth-order valence-electron chi connectivity index (χ4n) is 2.54. The number of hydrogen-bond acceptors (Lipinski definition) is 1. The molecular formula is C22H38O2. The molecule has 0 spiro atoms. The third-order valence-electron chi connectivity index (χ3n) is 4.03. The van der Waals surface area contributed by atoms with Crippen molar-refractivity contribution in [2.75, 3.05) is 0 Å². The van der Waals surface area contributed by atoms with Gasteiger partial charge in [0.25, 0.3) is 0 Å². The van der Waals surface area contributed by atoms with Gasteiger partial charge in [0, 0.05) is 6.42 Å². The van der Waals surface area contributed by atoms with Gasteiger partial charge in [-0.3, -0.25) is 4.79 Å². The van der Waals surface area contributed by atoms with Gasteiger partial charge in [0.1, 0.15) is 0 Å². The second kappa shape index (κ2) is 19.7. The molecule has 0 aliphatic heterocycles. The summed E-state index contributed by atoms with van der Waals surface area (Å²) >= 11 is 0. The first kappa shape index (κ1) is 22.7. The monoisotopic (exact) mass is 334 g/mol. The molecule has 0 amide bonds. The molecule has 0 saturated heterocycles. The third kappa shape index (κ3) is 20.7. The Morgan fingerprint density at radius 1 is 0.667 bits per heavy atom.